The number of carbonyl (C=O) groups excluding carboxylic acids is 4. The molecule has 1 unspecified atom stereocenters. The van der Waals surface area contributed by atoms with Crippen molar-refractivity contribution in [3.05, 3.63) is 71.3 Å². The van der Waals surface area contributed by atoms with E-state index in [1.54, 1.807) is 40.7 Å². The molecule has 1 heterocycles. The number of rotatable bonds is 9. The smallest absolute Gasteiger partial charge is 0.412 e. The van der Waals surface area contributed by atoms with Gasteiger partial charge in [0.05, 0.1) is 47.8 Å². The summed E-state index contributed by atoms with van der Waals surface area (Å²) in [6, 6.07) is 15.1. The molecule has 3 aromatic rings. The lowest BCUT2D eigenvalue weighted by Crippen LogP contribution is -2.63. The predicted octanol–water partition coefficient (Wildman–Crippen LogP) is 4.46. The molecule has 49 heavy (non-hydrogen) atoms. The van der Waals surface area contributed by atoms with E-state index in [4.69, 9.17) is 4.74 Å². The minimum Gasteiger partial charge on any atom is -0.444 e. The molecule has 0 fully saturated rings. The van der Waals surface area contributed by atoms with Crippen molar-refractivity contribution in [3.8, 4) is 6.07 Å². The number of nitrogens with one attached hydrogen (secondary N) is 1. The Kier molecular flexibility index (Phi) is 10.8. The fourth-order valence-electron chi connectivity index (χ4n) is 6.11. The molecule has 1 N–H and O–H groups in total. The number of benzene rings is 3. The van der Waals surface area contributed by atoms with Gasteiger partial charge in [-0.2, -0.15) is 5.26 Å². The minimum absolute atomic E-state index is 0.0683. The van der Waals surface area contributed by atoms with E-state index in [1.165, 1.54) is 33.8 Å². The first kappa shape index (κ1) is 37.0. The van der Waals surface area contributed by atoms with Crippen LogP contribution in [0.3, 0.4) is 0 Å². The van der Waals surface area contributed by atoms with Crippen molar-refractivity contribution >= 4 is 56.2 Å². The van der Waals surface area contributed by atoms with E-state index in [0.717, 1.165) is 28.2 Å². The van der Waals surface area contributed by atoms with Gasteiger partial charge >= 0.3 is 6.09 Å². The van der Waals surface area contributed by atoms with Crippen molar-refractivity contribution in [3.63, 3.8) is 0 Å². The van der Waals surface area contributed by atoms with Crippen LogP contribution in [0.2, 0.25) is 0 Å². The Morgan fingerprint density at radius 1 is 1.10 bits per heavy atom. The number of ether oxygens (including phenoxy) is 1. The van der Waals surface area contributed by atoms with Crippen molar-refractivity contribution in [2.24, 2.45) is 0 Å². The quantitative estimate of drug-likeness (QED) is 0.253. The van der Waals surface area contributed by atoms with Gasteiger partial charge in [-0.15, -0.1) is 0 Å². The van der Waals surface area contributed by atoms with E-state index in [0.29, 0.717) is 12.0 Å². The first-order valence-corrected chi connectivity index (χ1v) is 18.0. The van der Waals surface area contributed by atoms with Crippen LogP contribution in [0.4, 0.5) is 16.2 Å². The zero-order valence-electron chi connectivity index (χ0n) is 29.1. The van der Waals surface area contributed by atoms with E-state index in [9.17, 15) is 32.9 Å². The van der Waals surface area contributed by atoms with Gasteiger partial charge in [-0.3, -0.25) is 19.8 Å². The van der Waals surface area contributed by atoms with Crippen molar-refractivity contribution in [2.45, 2.75) is 84.9 Å². The third-order valence-corrected chi connectivity index (χ3v) is 9.17. The van der Waals surface area contributed by atoms with Gasteiger partial charge in [0.2, 0.25) is 11.8 Å². The molecular formula is C36H43N5O7S. The van der Waals surface area contributed by atoms with Crippen molar-refractivity contribution in [1.82, 2.24) is 10.2 Å². The molecule has 0 saturated heterocycles. The Balaban J connectivity index is 1.93. The maximum atomic E-state index is 14.9. The van der Waals surface area contributed by atoms with Gasteiger partial charge in [-0.1, -0.05) is 36.4 Å². The molecule has 0 saturated carbocycles. The summed E-state index contributed by atoms with van der Waals surface area (Å²) < 4.78 is 30.4. The Bertz CT molecular complexity index is 1930. The highest BCUT2D eigenvalue weighted by molar-refractivity contribution is 7.91. The van der Waals surface area contributed by atoms with Crippen LogP contribution in [-0.2, 0) is 35.5 Å². The summed E-state index contributed by atoms with van der Waals surface area (Å²) in [6.07, 6.45) is -0.249. The lowest BCUT2D eigenvalue weighted by Gasteiger charge is -2.38. The summed E-state index contributed by atoms with van der Waals surface area (Å²) in [5, 5.41) is 14.9. The SMILES string of the molecule is Cc1ccc2ccccc2c1CN1C(=O)[C@@H](N[C@H](C)N(C(=O)OC(C)(C)C)C(C)C=O)[C@H](C)N(C(=O)CS(C)(=O)=O)c2cc(C#N)ccc21. The number of anilines is 2. The van der Waals surface area contributed by atoms with Crippen LogP contribution in [0.25, 0.3) is 10.8 Å². The number of aldehydes is 1. The minimum atomic E-state index is -3.81. The summed E-state index contributed by atoms with van der Waals surface area (Å²) in [5.74, 6) is -2.12. The molecule has 3 aromatic carbocycles. The molecule has 0 aromatic heterocycles. The standard InChI is InChI=1S/C36H43N5O7S/c1-22-13-15-27-11-9-10-12-28(27)29(22)19-39-30-16-14-26(18-37)17-31(30)41(32(43)21-49(8,46)47)24(3)33(34(39)44)38-25(4)40(23(2)20-42)35(45)48-36(5,6)7/h9-17,20,23-25,33,38H,19,21H2,1-8H3/t23?,24-,25-,33-/m0/s1. The average molecular weight is 690 g/mol. The lowest BCUT2D eigenvalue weighted by molar-refractivity contribution is -0.122. The topological polar surface area (TPSA) is 157 Å². The molecule has 3 amide bonds. The van der Waals surface area contributed by atoms with E-state index in [2.05, 4.69) is 11.4 Å². The molecule has 12 nitrogen and oxygen atoms in total. The second kappa shape index (κ2) is 14.4. The monoisotopic (exact) mass is 689 g/mol. The second-order valence-corrected chi connectivity index (χ2v) is 15.6. The van der Waals surface area contributed by atoms with E-state index >= 15 is 0 Å². The van der Waals surface area contributed by atoms with Crippen molar-refractivity contribution in [2.75, 3.05) is 21.8 Å². The molecule has 0 aliphatic carbocycles. The van der Waals surface area contributed by atoms with Gasteiger partial charge in [0, 0.05) is 6.26 Å². The van der Waals surface area contributed by atoms with Gasteiger partial charge in [0.25, 0.3) is 0 Å². The molecule has 1 aliphatic heterocycles. The summed E-state index contributed by atoms with van der Waals surface area (Å²) in [4.78, 5) is 58.1. The van der Waals surface area contributed by atoms with E-state index < -0.39 is 63.4 Å². The number of fused-ring (bicyclic) bond motifs is 2. The second-order valence-electron chi connectivity index (χ2n) is 13.5. The number of sulfone groups is 1. The van der Waals surface area contributed by atoms with E-state index in [-0.39, 0.29) is 17.8 Å². The largest absolute Gasteiger partial charge is 0.444 e. The highest BCUT2D eigenvalue weighted by Crippen LogP contribution is 2.38. The maximum Gasteiger partial charge on any atom is 0.412 e. The van der Waals surface area contributed by atoms with Gasteiger partial charge in [-0.25, -0.2) is 13.2 Å². The van der Waals surface area contributed by atoms with Crippen LogP contribution in [-0.4, -0.2) is 79.4 Å². The van der Waals surface area contributed by atoms with Crippen molar-refractivity contribution in [1.29, 1.82) is 5.26 Å². The fourth-order valence-corrected chi connectivity index (χ4v) is 6.70. The van der Waals surface area contributed by atoms with Crippen LogP contribution in [0.15, 0.2) is 54.6 Å². The van der Waals surface area contributed by atoms with Crippen LogP contribution in [0.5, 0.6) is 0 Å². The molecule has 0 spiro atoms. The van der Waals surface area contributed by atoms with Gasteiger partial charge in [-0.05, 0) is 88.6 Å². The van der Waals surface area contributed by atoms with Crippen LogP contribution in [0.1, 0.15) is 58.2 Å². The van der Waals surface area contributed by atoms with Crippen LogP contribution >= 0.6 is 0 Å². The summed E-state index contributed by atoms with van der Waals surface area (Å²) in [5.41, 5.74) is 1.57. The first-order valence-electron chi connectivity index (χ1n) is 15.9. The average Bonchev–Trinajstić information content (AvgIpc) is 3.08. The Morgan fingerprint density at radius 2 is 1.78 bits per heavy atom. The van der Waals surface area contributed by atoms with Crippen LogP contribution in [0, 0.1) is 18.3 Å². The zero-order valence-corrected chi connectivity index (χ0v) is 29.9. The van der Waals surface area contributed by atoms with Gasteiger partial charge < -0.3 is 19.3 Å². The lowest BCUT2D eigenvalue weighted by atomic mass is 9.98. The normalized spacial score (nSPS) is 17.8. The molecule has 4 atom stereocenters. The highest BCUT2D eigenvalue weighted by Gasteiger charge is 2.44. The Labute approximate surface area is 287 Å². The number of amides is 3. The number of nitriles is 1. The number of carbonyl (C=O) groups is 4. The van der Waals surface area contributed by atoms with Gasteiger partial charge in [0.15, 0.2) is 9.84 Å². The number of aryl methyl sites for hydroxylation is 1. The van der Waals surface area contributed by atoms with E-state index in [1.807, 2.05) is 43.3 Å². The fraction of sp³-hybridized carbons (Fsp3) is 0.417. The van der Waals surface area contributed by atoms with Crippen LogP contribution < -0.4 is 15.1 Å². The van der Waals surface area contributed by atoms with Crippen molar-refractivity contribution < 1.29 is 32.3 Å². The maximum absolute atomic E-state index is 14.9. The highest BCUT2D eigenvalue weighted by atomic mass is 32.2. The third kappa shape index (κ3) is 8.26. The molecule has 0 radical (unpaired) electrons. The summed E-state index contributed by atoms with van der Waals surface area (Å²) in [6.45, 7) is 11.8. The zero-order chi connectivity index (χ0) is 36.4. The molecule has 260 valence electrons. The number of hydrogen-bond donors (Lipinski definition) is 1. The third-order valence-electron chi connectivity index (χ3n) is 8.40. The predicted molar refractivity (Wildman–Crippen MR) is 188 cm³/mol. The Morgan fingerprint density at radius 3 is 2.39 bits per heavy atom. The molecule has 0 bridgehead atoms. The Hall–Kier alpha value is -4.80. The molecule has 13 heteroatoms. The number of hydrogen-bond acceptors (Lipinski definition) is 9. The molecule has 1 aliphatic rings. The molecule has 4 rings (SSSR count). The van der Waals surface area contributed by atoms with Gasteiger partial charge in [0.1, 0.15) is 23.7 Å². The first-order chi connectivity index (χ1) is 22.9. The summed E-state index contributed by atoms with van der Waals surface area (Å²) >= 11 is 0. The number of nitrogens with zero attached hydrogens (tertiary/aromatic N) is 4. The summed E-state index contributed by atoms with van der Waals surface area (Å²) in [7, 11) is -3.81. The molecular weight excluding hydrogens is 646 g/mol.